The third kappa shape index (κ3) is 6.03. The van der Waals surface area contributed by atoms with Crippen LogP contribution < -0.4 is 4.74 Å². The lowest BCUT2D eigenvalue weighted by atomic mass is 10.00. The highest BCUT2D eigenvalue weighted by Gasteiger charge is 2.35. The van der Waals surface area contributed by atoms with E-state index in [9.17, 15) is 13.8 Å². The van der Waals surface area contributed by atoms with Crippen LogP contribution in [0.1, 0.15) is 21.5 Å². The van der Waals surface area contributed by atoms with Crippen molar-refractivity contribution in [2.24, 2.45) is 0 Å². The van der Waals surface area contributed by atoms with Gasteiger partial charge in [0.1, 0.15) is 12.3 Å². The molecular weight excluding hydrogens is 486 g/mol. The predicted molar refractivity (Wildman–Crippen MR) is 147 cm³/mol. The fraction of sp³-hybridized carbons (Fsp3) is 0.276. The van der Waals surface area contributed by atoms with E-state index < -0.39 is 9.71 Å². The first kappa shape index (κ1) is 26.4. The van der Waals surface area contributed by atoms with E-state index in [0.29, 0.717) is 30.0 Å². The Kier molecular flexibility index (Phi) is 8.00. The van der Waals surface area contributed by atoms with Crippen molar-refractivity contribution in [2.75, 3.05) is 34.3 Å². The van der Waals surface area contributed by atoms with E-state index in [0.717, 1.165) is 16.9 Å². The largest absolute Gasteiger partial charge is 0.497 e. The molecule has 1 saturated heterocycles. The van der Waals surface area contributed by atoms with E-state index in [1.54, 1.807) is 54.7 Å². The Morgan fingerprint density at radius 3 is 2.35 bits per heavy atom. The number of nitrogens with zero attached hydrogens (tertiary/aromatic N) is 3. The quantitative estimate of drug-likeness (QED) is 0.428. The van der Waals surface area contributed by atoms with Gasteiger partial charge in [-0.2, -0.15) is 0 Å². The molecule has 0 aromatic heterocycles. The molecular formula is C29H33N3O4S. The van der Waals surface area contributed by atoms with Crippen molar-refractivity contribution < 1.29 is 18.5 Å². The highest BCUT2D eigenvalue weighted by Crippen LogP contribution is 2.23. The van der Waals surface area contributed by atoms with Crippen LogP contribution in [0, 0.1) is 0 Å². The van der Waals surface area contributed by atoms with Crippen LogP contribution in [0.25, 0.3) is 0 Å². The maximum absolute atomic E-state index is 13.4. The third-order valence-electron chi connectivity index (χ3n) is 6.67. The summed E-state index contributed by atoms with van der Waals surface area (Å²) in [5.41, 5.74) is 2.52. The van der Waals surface area contributed by atoms with Gasteiger partial charge >= 0.3 is 0 Å². The number of carbonyl (C=O) groups is 2. The van der Waals surface area contributed by atoms with Crippen LogP contribution in [-0.2, 0) is 27.5 Å². The van der Waals surface area contributed by atoms with E-state index in [1.165, 1.54) is 0 Å². The Hall–Kier alpha value is -3.62. The molecule has 0 spiro atoms. The Morgan fingerprint density at radius 1 is 1.03 bits per heavy atom. The van der Waals surface area contributed by atoms with Crippen molar-refractivity contribution in [1.29, 1.82) is 0 Å². The second-order valence-electron chi connectivity index (χ2n) is 9.38. The molecule has 7 nitrogen and oxygen atoms in total. The van der Waals surface area contributed by atoms with E-state index in [-0.39, 0.29) is 24.4 Å². The van der Waals surface area contributed by atoms with Gasteiger partial charge in [-0.25, -0.2) is 8.51 Å². The van der Waals surface area contributed by atoms with E-state index in [2.05, 4.69) is 5.87 Å². The number of methoxy groups -OCH3 is 1. The molecule has 2 amide bonds. The topological polar surface area (TPSA) is 70.2 Å². The summed E-state index contributed by atoms with van der Waals surface area (Å²) in [6.45, 7) is 0.848. The van der Waals surface area contributed by atoms with Crippen LogP contribution in [-0.4, -0.2) is 76.3 Å². The summed E-state index contributed by atoms with van der Waals surface area (Å²) in [5, 5.41) is 0. The van der Waals surface area contributed by atoms with E-state index in [4.69, 9.17) is 4.74 Å². The molecule has 0 bridgehead atoms. The molecule has 2 atom stereocenters. The summed E-state index contributed by atoms with van der Waals surface area (Å²) < 4.78 is 19.7. The second-order valence-corrected chi connectivity index (χ2v) is 11.9. The number of piperazine rings is 1. The SMILES string of the molecule is C=S(=O)(c1ccc(C(=O)N2CC(=O)N(Cc3cccc(OC)c3)[C@@H](Cc3ccccc3)C2)cc1)N(C)C. The first-order valence-corrected chi connectivity index (χ1v) is 13.8. The van der Waals surface area contributed by atoms with Gasteiger partial charge in [0.25, 0.3) is 5.91 Å². The smallest absolute Gasteiger partial charge is 0.254 e. The molecule has 194 valence electrons. The Bertz CT molecular complexity index is 1360. The van der Waals surface area contributed by atoms with Crippen LogP contribution >= 0.6 is 0 Å². The van der Waals surface area contributed by atoms with Gasteiger partial charge in [-0.3, -0.25) is 9.59 Å². The van der Waals surface area contributed by atoms with Crippen molar-refractivity contribution in [2.45, 2.75) is 23.9 Å². The van der Waals surface area contributed by atoms with Gasteiger partial charge in [-0.1, -0.05) is 42.5 Å². The number of rotatable bonds is 8. The fourth-order valence-corrected chi connectivity index (χ4v) is 5.46. The first-order chi connectivity index (χ1) is 17.7. The van der Waals surface area contributed by atoms with Crippen molar-refractivity contribution in [1.82, 2.24) is 14.1 Å². The average Bonchev–Trinajstić information content (AvgIpc) is 2.90. The van der Waals surface area contributed by atoms with Crippen molar-refractivity contribution in [3.63, 3.8) is 0 Å². The molecule has 0 aliphatic carbocycles. The van der Waals surface area contributed by atoms with Gasteiger partial charge in [0.2, 0.25) is 5.91 Å². The molecule has 0 N–H and O–H groups in total. The molecule has 4 rings (SSSR count). The van der Waals surface area contributed by atoms with Gasteiger partial charge in [-0.05, 0) is 73.9 Å². The number of hydrogen-bond acceptors (Lipinski definition) is 4. The Balaban J connectivity index is 1.57. The molecule has 37 heavy (non-hydrogen) atoms. The molecule has 3 aromatic rings. The lowest BCUT2D eigenvalue weighted by Gasteiger charge is -2.41. The van der Waals surface area contributed by atoms with Crippen LogP contribution in [0.4, 0.5) is 0 Å². The highest BCUT2D eigenvalue weighted by molar-refractivity contribution is 7.98. The zero-order valence-corrected chi connectivity index (χ0v) is 22.3. The predicted octanol–water partition coefficient (Wildman–Crippen LogP) is 3.34. The molecule has 8 heteroatoms. The van der Waals surface area contributed by atoms with Crippen LogP contribution in [0.3, 0.4) is 0 Å². The zero-order chi connectivity index (χ0) is 26.6. The van der Waals surface area contributed by atoms with Crippen molar-refractivity contribution in [3.8, 4) is 5.75 Å². The molecule has 0 saturated carbocycles. The number of hydrogen-bond donors (Lipinski definition) is 0. The minimum atomic E-state index is -2.60. The van der Waals surface area contributed by atoms with Crippen molar-refractivity contribution >= 4 is 27.4 Å². The lowest BCUT2D eigenvalue weighted by molar-refractivity contribution is -0.139. The molecule has 1 unspecified atom stereocenters. The summed E-state index contributed by atoms with van der Waals surface area (Å²) >= 11 is 0. The standard InChI is InChI=1S/C29H33N3O4S/c1-30(2)37(4,35)27-15-13-24(14-16-27)29(34)31-20-25(17-22-9-6-5-7-10-22)32(28(33)21-31)19-23-11-8-12-26(18-23)36-3/h5-16,18,25H,4,17,19-21H2,1-3H3/t25-,37?/m0/s1. The second kappa shape index (κ2) is 11.2. The normalized spacial score (nSPS) is 17.5. The zero-order valence-electron chi connectivity index (χ0n) is 21.5. The van der Waals surface area contributed by atoms with Crippen LogP contribution in [0.5, 0.6) is 5.75 Å². The maximum Gasteiger partial charge on any atom is 0.254 e. The van der Waals surface area contributed by atoms with Crippen molar-refractivity contribution in [3.05, 3.63) is 95.6 Å². The summed E-state index contributed by atoms with van der Waals surface area (Å²) in [6.07, 6.45) is 0.631. The van der Waals surface area contributed by atoms with Gasteiger partial charge in [-0.15, -0.1) is 0 Å². The number of amides is 2. The van der Waals surface area contributed by atoms with E-state index in [1.807, 2.05) is 59.5 Å². The van der Waals surface area contributed by atoms with Crippen LogP contribution in [0.2, 0.25) is 0 Å². The van der Waals surface area contributed by atoms with Gasteiger partial charge in [0.05, 0.1) is 22.9 Å². The van der Waals surface area contributed by atoms with E-state index >= 15 is 0 Å². The first-order valence-electron chi connectivity index (χ1n) is 12.1. The molecule has 3 aromatic carbocycles. The average molecular weight is 520 g/mol. The summed E-state index contributed by atoms with van der Waals surface area (Å²) in [6, 6.07) is 24.2. The summed E-state index contributed by atoms with van der Waals surface area (Å²) in [4.78, 5) is 30.9. The number of ether oxygens (including phenoxy) is 1. The Morgan fingerprint density at radius 2 is 1.70 bits per heavy atom. The number of carbonyl (C=O) groups excluding carboxylic acids is 2. The molecule has 1 aliphatic rings. The van der Waals surface area contributed by atoms with Gasteiger partial charge in [0, 0.05) is 23.5 Å². The summed E-state index contributed by atoms with van der Waals surface area (Å²) in [7, 11) is 2.43. The molecule has 0 radical (unpaired) electrons. The highest BCUT2D eigenvalue weighted by atomic mass is 32.2. The minimum Gasteiger partial charge on any atom is -0.497 e. The van der Waals surface area contributed by atoms with Gasteiger partial charge < -0.3 is 14.5 Å². The number of benzene rings is 3. The Labute approximate surface area is 219 Å². The lowest BCUT2D eigenvalue weighted by Crippen LogP contribution is -2.58. The molecule has 1 aliphatic heterocycles. The minimum absolute atomic E-state index is 0.000380. The van der Waals surface area contributed by atoms with Gasteiger partial charge in [0.15, 0.2) is 0 Å². The fourth-order valence-electron chi connectivity index (χ4n) is 4.48. The monoisotopic (exact) mass is 519 g/mol. The summed E-state index contributed by atoms with van der Waals surface area (Å²) in [5.74, 6) is 4.23. The third-order valence-corrected chi connectivity index (χ3v) is 8.85. The maximum atomic E-state index is 13.4. The molecule has 1 fully saturated rings. The van der Waals surface area contributed by atoms with Crippen LogP contribution in [0.15, 0.2) is 83.8 Å². The molecule has 1 heterocycles.